The average molecular weight is 167 g/mol. The first-order chi connectivity index (χ1) is 5.75. The van der Waals surface area contributed by atoms with E-state index in [9.17, 15) is 5.11 Å². The highest BCUT2D eigenvalue weighted by atomic mass is 16.3. The van der Waals surface area contributed by atoms with Crippen LogP contribution in [0.3, 0.4) is 0 Å². The summed E-state index contributed by atoms with van der Waals surface area (Å²) in [6.07, 6.45) is 1.51. The summed E-state index contributed by atoms with van der Waals surface area (Å²) in [5.74, 6) is 0.374. The van der Waals surface area contributed by atoms with E-state index >= 15 is 0 Å². The van der Waals surface area contributed by atoms with Crippen LogP contribution in [-0.4, -0.2) is 16.6 Å². The maximum Gasteiger partial charge on any atom is 0.129 e. The van der Waals surface area contributed by atoms with Crippen molar-refractivity contribution in [2.24, 2.45) is 5.73 Å². The Hall–Kier alpha value is -1.13. The molecule has 0 bridgehead atoms. The third-order valence-corrected chi connectivity index (χ3v) is 1.67. The Labute approximate surface area is 71.2 Å². The summed E-state index contributed by atoms with van der Waals surface area (Å²) >= 11 is 0. The molecule has 4 heteroatoms. The monoisotopic (exact) mass is 167 g/mol. The second-order valence-electron chi connectivity index (χ2n) is 2.57. The zero-order valence-corrected chi connectivity index (χ0v) is 6.77. The molecule has 0 spiro atoms. The van der Waals surface area contributed by atoms with Crippen molar-refractivity contribution < 1.29 is 5.11 Å². The highest BCUT2D eigenvalue weighted by Gasteiger charge is 2.09. The first-order valence-electron chi connectivity index (χ1n) is 3.84. The Morgan fingerprint density at radius 1 is 1.58 bits per heavy atom. The van der Waals surface area contributed by atoms with Crippen LogP contribution in [0.1, 0.15) is 18.1 Å². The molecule has 0 aliphatic heterocycles. The van der Waals surface area contributed by atoms with Crippen LogP contribution in [0.5, 0.6) is 0 Å². The van der Waals surface area contributed by atoms with Crippen LogP contribution < -0.4 is 11.5 Å². The number of hydrogen-bond acceptors (Lipinski definition) is 4. The summed E-state index contributed by atoms with van der Waals surface area (Å²) in [4.78, 5) is 3.86. The molecular weight excluding hydrogens is 154 g/mol. The molecule has 0 aliphatic rings. The van der Waals surface area contributed by atoms with Crippen LogP contribution in [0.25, 0.3) is 0 Å². The van der Waals surface area contributed by atoms with E-state index in [1.54, 1.807) is 18.3 Å². The minimum atomic E-state index is -0.594. The molecule has 66 valence electrons. The summed E-state index contributed by atoms with van der Waals surface area (Å²) in [6, 6.07) is 3.49. The molecule has 4 nitrogen and oxygen atoms in total. The quantitative estimate of drug-likeness (QED) is 0.593. The number of rotatable bonds is 3. The molecule has 1 rings (SSSR count). The molecule has 12 heavy (non-hydrogen) atoms. The van der Waals surface area contributed by atoms with Crippen molar-refractivity contribution in [2.45, 2.75) is 12.5 Å². The van der Waals surface area contributed by atoms with Gasteiger partial charge in [0, 0.05) is 11.8 Å². The predicted octanol–water partition coefficient (Wildman–Crippen LogP) is 0.0460. The van der Waals surface area contributed by atoms with Gasteiger partial charge in [-0.25, -0.2) is 4.98 Å². The van der Waals surface area contributed by atoms with E-state index in [0.717, 1.165) is 0 Å². The Balaban J connectivity index is 2.79. The van der Waals surface area contributed by atoms with Gasteiger partial charge in [-0.3, -0.25) is 0 Å². The van der Waals surface area contributed by atoms with Gasteiger partial charge >= 0.3 is 0 Å². The summed E-state index contributed by atoms with van der Waals surface area (Å²) in [5, 5.41) is 9.50. The van der Waals surface area contributed by atoms with E-state index in [2.05, 4.69) is 4.98 Å². The normalized spacial score (nSPS) is 12.8. The summed E-state index contributed by atoms with van der Waals surface area (Å²) in [6.45, 7) is 0.440. The predicted molar refractivity (Wildman–Crippen MR) is 47.3 cm³/mol. The van der Waals surface area contributed by atoms with Gasteiger partial charge in [-0.05, 0) is 19.0 Å². The van der Waals surface area contributed by atoms with E-state index in [1.165, 1.54) is 0 Å². The lowest BCUT2D eigenvalue weighted by molar-refractivity contribution is 0.171. The minimum absolute atomic E-state index is 0.374. The summed E-state index contributed by atoms with van der Waals surface area (Å²) in [5.41, 5.74) is 11.5. The van der Waals surface area contributed by atoms with Crippen molar-refractivity contribution in [3.8, 4) is 0 Å². The van der Waals surface area contributed by atoms with E-state index in [-0.39, 0.29) is 0 Å². The van der Waals surface area contributed by atoms with E-state index in [1.807, 2.05) is 0 Å². The molecule has 0 radical (unpaired) electrons. The van der Waals surface area contributed by atoms with Gasteiger partial charge in [0.25, 0.3) is 0 Å². The number of nitrogens with two attached hydrogens (primary N) is 2. The molecule has 1 atom stereocenters. The van der Waals surface area contributed by atoms with Crippen molar-refractivity contribution >= 4 is 5.82 Å². The standard InChI is InChI=1S/C8H13N3O/c9-4-3-7(12)6-2-1-5-11-8(6)10/h1-2,5,7,12H,3-4,9H2,(H2,10,11). The third-order valence-electron chi connectivity index (χ3n) is 1.67. The van der Waals surface area contributed by atoms with Gasteiger partial charge < -0.3 is 16.6 Å². The van der Waals surface area contributed by atoms with Gasteiger partial charge in [0.2, 0.25) is 0 Å². The van der Waals surface area contributed by atoms with Crippen molar-refractivity contribution in [3.05, 3.63) is 23.9 Å². The van der Waals surface area contributed by atoms with Crippen molar-refractivity contribution in [2.75, 3.05) is 12.3 Å². The van der Waals surface area contributed by atoms with Gasteiger partial charge in [-0.1, -0.05) is 6.07 Å². The number of hydrogen-bond donors (Lipinski definition) is 3. The van der Waals surface area contributed by atoms with Crippen molar-refractivity contribution in [3.63, 3.8) is 0 Å². The summed E-state index contributed by atoms with van der Waals surface area (Å²) < 4.78 is 0. The Kier molecular flexibility index (Phi) is 3.01. The molecule has 5 N–H and O–H groups in total. The number of aromatic nitrogens is 1. The number of anilines is 1. The van der Waals surface area contributed by atoms with Crippen LogP contribution in [0, 0.1) is 0 Å². The fourth-order valence-electron chi connectivity index (χ4n) is 1.03. The van der Waals surface area contributed by atoms with Crippen LogP contribution >= 0.6 is 0 Å². The second-order valence-corrected chi connectivity index (χ2v) is 2.57. The molecule has 0 saturated carbocycles. The average Bonchev–Trinajstić information content (AvgIpc) is 2.05. The fourth-order valence-corrected chi connectivity index (χ4v) is 1.03. The topological polar surface area (TPSA) is 85.2 Å². The van der Waals surface area contributed by atoms with Gasteiger partial charge in [-0.2, -0.15) is 0 Å². The lowest BCUT2D eigenvalue weighted by Gasteiger charge is -2.10. The lowest BCUT2D eigenvalue weighted by Crippen LogP contribution is -2.09. The van der Waals surface area contributed by atoms with Crippen LogP contribution in [0.4, 0.5) is 5.82 Å². The zero-order valence-electron chi connectivity index (χ0n) is 6.77. The zero-order chi connectivity index (χ0) is 8.97. The fraction of sp³-hybridized carbons (Fsp3) is 0.375. The molecule has 0 saturated heterocycles. The number of aliphatic hydroxyl groups is 1. The van der Waals surface area contributed by atoms with E-state index in [0.29, 0.717) is 24.3 Å². The third kappa shape index (κ3) is 1.93. The maximum absolute atomic E-state index is 9.50. The second kappa shape index (κ2) is 4.04. The van der Waals surface area contributed by atoms with Crippen LogP contribution in [0.15, 0.2) is 18.3 Å². The number of nitrogen functional groups attached to an aromatic ring is 1. The molecule has 1 unspecified atom stereocenters. The Bertz CT molecular complexity index is 252. The smallest absolute Gasteiger partial charge is 0.129 e. The SMILES string of the molecule is NCCC(O)c1cccnc1N. The Morgan fingerprint density at radius 3 is 2.92 bits per heavy atom. The molecule has 0 fully saturated rings. The molecule has 0 amide bonds. The van der Waals surface area contributed by atoms with Crippen LogP contribution in [-0.2, 0) is 0 Å². The first-order valence-corrected chi connectivity index (χ1v) is 3.84. The largest absolute Gasteiger partial charge is 0.388 e. The highest BCUT2D eigenvalue weighted by Crippen LogP contribution is 2.19. The molecular formula is C8H13N3O. The minimum Gasteiger partial charge on any atom is -0.388 e. The van der Waals surface area contributed by atoms with Gasteiger partial charge in [-0.15, -0.1) is 0 Å². The van der Waals surface area contributed by atoms with Gasteiger partial charge in [0.1, 0.15) is 5.82 Å². The number of aliphatic hydroxyl groups excluding tert-OH is 1. The van der Waals surface area contributed by atoms with Gasteiger partial charge in [0.05, 0.1) is 6.10 Å². The molecule has 1 heterocycles. The molecule has 1 aromatic rings. The first kappa shape index (κ1) is 8.96. The Morgan fingerprint density at radius 2 is 2.33 bits per heavy atom. The van der Waals surface area contributed by atoms with Crippen LogP contribution in [0.2, 0.25) is 0 Å². The maximum atomic E-state index is 9.50. The summed E-state index contributed by atoms with van der Waals surface area (Å²) in [7, 11) is 0. The number of nitrogens with zero attached hydrogens (tertiary/aromatic N) is 1. The molecule has 0 aliphatic carbocycles. The van der Waals surface area contributed by atoms with Crippen molar-refractivity contribution in [1.82, 2.24) is 4.98 Å². The highest BCUT2D eigenvalue weighted by molar-refractivity contribution is 5.39. The number of pyridine rings is 1. The lowest BCUT2D eigenvalue weighted by atomic mass is 10.1. The van der Waals surface area contributed by atoms with E-state index < -0.39 is 6.10 Å². The van der Waals surface area contributed by atoms with Gasteiger partial charge in [0.15, 0.2) is 0 Å². The van der Waals surface area contributed by atoms with E-state index in [4.69, 9.17) is 11.5 Å². The molecule has 1 aromatic heterocycles. The van der Waals surface area contributed by atoms with Crippen molar-refractivity contribution in [1.29, 1.82) is 0 Å². The molecule has 0 aromatic carbocycles.